The molecule has 0 aromatic heterocycles. The molecular formula is C55H79N13O15. The Labute approximate surface area is 479 Å². The molecule has 11 atom stereocenters. The number of carboxylic acids is 1. The van der Waals surface area contributed by atoms with E-state index in [1.165, 1.54) is 67.6 Å². The second-order valence-electron chi connectivity index (χ2n) is 20.5. The van der Waals surface area contributed by atoms with Gasteiger partial charge in [0, 0.05) is 19.4 Å². The summed E-state index contributed by atoms with van der Waals surface area (Å²) in [6.07, 6.45) is -2.87. The van der Waals surface area contributed by atoms with Gasteiger partial charge in [0.1, 0.15) is 65.6 Å². The maximum absolute atomic E-state index is 14.3. The molecule has 0 aliphatic heterocycles. The number of carbonyl (C=O) groups excluding carboxylic acids is 9. The van der Waals surface area contributed by atoms with Crippen molar-refractivity contribution in [1.82, 2.24) is 42.5 Å². The van der Waals surface area contributed by atoms with Crippen LogP contribution in [0.5, 0.6) is 17.2 Å². The second kappa shape index (κ2) is 33.0. The number of carbonyl (C=O) groups is 10. The lowest BCUT2D eigenvalue weighted by atomic mass is 9.96. The summed E-state index contributed by atoms with van der Waals surface area (Å²) >= 11 is 0. The number of aliphatic hydroxyl groups is 1. The first-order valence-electron chi connectivity index (χ1n) is 26.8. The highest BCUT2D eigenvalue weighted by Gasteiger charge is 2.37. The lowest BCUT2D eigenvalue weighted by Gasteiger charge is -2.30. The Bertz CT molecular complexity index is 2740. The molecule has 3 aromatic carbocycles. The van der Waals surface area contributed by atoms with Crippen molar-refractivity contribution in [2.24, 2.45) is 39.8 Å². The SMILES string of the molecule is CC[C@H](C)[C@H](NC(=O)[C@H](CC(N)=O)NC(=O)[C@@H](NC(=O)[C@H](CCCN=C(N)N)NC(=O)[C@H](C)NC(=O)[C@@H](NC(=O)[C@@H](N)Cc1ccc(O)cc1)C(C)C)[C@@H](C)O)C(=O)N[C@@H](Cc1ccc(O)cc1)C(=O)N[C@@H](Cc1ccc(O)cc1)C(=O)O. The van der Waals surface area contributed by atoms with Gasteiger partial charge in [-0.05, 0) is 98.0 Å². The van der Waals surface area contributed by atoms with E-state index < -0.39 is 138 Å². The summed E-state index contributed by atoms with van der Waals surface area (Å²) in [5, 5.41) is 69.9. The third kappa shape index (κ3) is 23.1. The van der Waals surface area contributed by atoms with Crippen LogP contribution in [-0.4, -0.2) is 158 Å². The van der Waals surface area contributed by atoms with E-state index in [4.69, 9.17) is 22.9 Å². The first-order valence-corrected chi connectivity index (χ1v) is 26.8. The minimum Gasteiger partial charge on any atom is -0.508 e. The number of guanidine groups is 1. The number of phenolic OH excluding ortho intramolecular Hbond substituents is 3. The summed E-state index contributed by atoms with van der Waals surface area (Å²) < 4.78 is 0. The molecule has 28 nitrogen and oxygen atoms in total. The van der Waals surface area contributed by atoms with Crippen LogP contribution < -0.4 is 65.5 Å². The van der Waals surface area contributed by atoms with Crippen LogP contribution in [0.3, 0.4) is 0 Å². The van der Waals surface area contributed by atoms with Gasteiger partial charge in [-0.2, -0.15) is 0 Å². The van der Waals surface area contributed by atoms with Crippen molar-refractivity contribution >= 4 is 65.1 Å². The smallest absolute Gasteiger partial charge is 0.326 e. The largest absolute Gasteiger partial charge is 0.508 e. The molecule has 0 saturated carbocycles. The van der Waals surface area contributed by atoms with Crippen LogP contribution in [0.2, 0.25) is 0 Å². The normalized spacial score (nSPS) is 15.0. The van der Waals surface area contributed by atoms with E-state index in [1.54, 1.807) is 39.8 Å². The number of aromatic hydroxyl groups is 3. The molecular weight excluding hydrogens is 1080 g/mol. The van der Waals surface area contributed by atoms with Crippen molar-refractivity contribution in [2.75, 3.05) is 6.54 Å². The molecule has 0 aliphatic carbocycles. The number of hydrogen-bond acceptors (Lipinski definition) is 16. The minimum absolute atomic E-state index is 0.0188. The number of carboxylic acid groups (broad SMARTS) is 1. The zero-order chi connectivity index (χ0) is 62.2. The molecule has 0 heterocycles. The Hall–Kier alpha value is -9.05. The topological polar surface area (TPSA) is 485 Å². The molecule has 9 amide bonds. The number of hydrogen-bond donors (Lipinski definition) is 17. The van der Waals surface area contributed by atoms with E-state index in [1.807, 2.05) is 0 Å². The van der Waals surface area contributed by atoms with Gasteiger partial charge in [0.2, 0.25) is 53.2 Å². The van der Waals surface area contributed by atoms with Crippen molar-refractivity contribution in [1.29, 1.82) is 0 Å². The third-order valence-corrected chi connectivity index (χ3v) is 13.2. The van der Waals surface area contributed by atoms with E-state index in [0.29, 0.717) is 16.7 Å². The lowest BCUT2D eigenvalue weighted by molar-refractivity contribution is -0.142. The number of rotatable bonds is 33. The summed E-state index contributed by atoms with van der Waals surface area (Å²) in [7, 11) is 0. The molecule has 0 saturated heterocycles. The van der Waals surface area contributed by atoms with Gasteiger partial charge in [-0.15, -0.1) is 0 Å². The van der Waals surface area contributed by atoms with E-state index in [9.17, 15) is 73.5 Å². The van der Waals surface area contributed by atoms with Gasteiger partial charge in [0.25, 0.3) is 0 Å². The Kier molecular flexibility index (Phi) is 27.1. The molecule has 28 heteroatoms. The molecule has 83 heavy (non-hydrogen) atoms. The predicted molar refractivity (Wildman–Crippen MR) is 302 cm³/mol. The average Bonchev–Trinajstić information content (AvgIpc) is 3.50. The van der Waals surface area contributed by atoms with Crippen LogP contribution in [0, 0.1) is 11.8 Å². The average molecular weight is 1160 g/mol. The molecule has 454 valence electrons. The fourth-order valence-corrected chi connectivity index (χ4v) is 8.18. The Morgan fingerprint density at radius 1 is 0.494 bits per heavy atom. The monoisotopic (exact) mass is 1160 g/mol. The van der Waals surface area contributed by atoms with Crippen molar-refractivity contribution in [2.45, 2.75) is 147 Å². The quantitative estimate of drug-likeness (QED) is 0.0166. The molecule has 3 rings (SSSR count). The highest BCUT2D eigenvalue weighted by Crippen LogP contribution is 2.17. The number of aliphatic hydroxyl groups excluding tert-OH is 1. The van der Waals surface area contributed by atoms with Gasteiger partial charge < -0.3 is 91.0 Å². The predicted octanol–water partition coefficient (Wildman–Crippen LogP) is -2.85. The highest BCUT2D eigenvalue weighted by molar-refractivity contribution is 5.99. The highest BCUT2D eigenvalue weighted by atomic mass is 16.4. The van der Waals surface area contributed by atoms with Gasteiger partial charge in [-0.3, -0.25) is 48.1 Å². The summed E-state index contributed by atoms with van der Waals surface area (Å²) in [4.78, 5) is 139. The third-order valence-electron chi connectivity index (χ3n) is 13.2. The van der Waals surface area contributed by atoms with E-state index >= 15 is 0 Å². The standard InChI is InChI=1S/C55H79N13O15/c1-7-28(4)44(52(80)63-39(24-32-12-18-35(71)19-13-32)49(77)65-41(54(82)83)25-33-14-20-36(72)21-15-33)67-50(78)40(26-42(57)73)64-53(81)45(30(6)69)68-48(76)38(9-8-22-60-55(58)59)62-46(74)29(5)61-51(79)43(27(2)3)66-47(75)37(56)23-31-10-16-34(70)17-11-31/h10-21,27-30,37-41,43-45,69-72H,7-9,22-26,56H2,1-6H3,(H2,57,73)(H,61,79)(H,62,74)(H,63,80)(H,64,81)(H,65,77)(H,66,75)(H,67,78)(H,68,76)(H,82,83)(H4,58,59,60)/t28-,29-,30+,37-,38-,39-,40-,41-,43-,44-,45-/m0/s1. The molecule has 0 fully saturated rings. The van der Waals surface area contributed by atoms with Crippen molar-refractivity contribution < 1.29 is 73.5 Å². The van der Waals surface area contributed by atoms with Crippen LogP contribution >= 0.6 is 0 Å². The van der Waals surface area contributed by atoms with Crippen LogP contribution in [0.4, 0.5) is 0 Å². The number of nitrogens with zero attached hydrogens (tertiary/aromatic N) is 1. The van der Waals surface area contributed by atoms with Crippen LogP contribution in [0.25, 0.3) is 0 Å². The number of aliphatic carboxylic acids is 1. The van der Waals surface area contributed by atoms with Gasteiger partial charge in [-0.25, -0.2) is 4.79 Å². The first-order chi connectivity index (χ1) is 39.0. The lowest BCUT2D eigenvalue weighted by Crippen LogP contribution is -2.62. The van der Waals surface area contributed by atoms with Gasteiger partial charge in [-0.1, -0.05) is 70.5 Å². The second-order valence-corrected chi connectivity index (χ2v) is 20.5. The van der Waals surface area contributed by atoms with E-state index in [-0.39, 0.29) is 68.3 Å². The van der Waals surface area contributed by atoms with Gasteiger partial charge in [0.15, 0.2) is 5.96 Å². The summed E-state index contributed by atoms with van der Waals surface area (Å²) in [5.74, 6) is -11.9. The Morgan fingerprint density at radius 2 is 0.904 bits per heavy atom. The molecule has 0 spiro atoms. The number of benzene rings is 3. The van der Waals surface area contributed by atoms with Crippen molar-refractivity contribution in [3.8, 4) is 17.2 Å². The maximum atomic E-state index is 14.3. The van der Waals surface area contributed by atoms with E-state index in [2.05, 4.69) is 47.5 Å². The molecule has 0 bridgehead atoms. The van der Waals surface area contributed by atoms with Crippen molar-refractivity contribution in [3.05, 3.63) is 89.5 Å². The van der Waals surface area contributed by atoms with Gasteiger partial charge >= 0.3 is 5.97 Å². The number of nitrogens with one attached hydrogen (secondary N) is 8. The number of amides is 9. The molecule has 0 unspecified atom stereocenters. The minimum atomic E-state index is -1.90. The fraction of sp³-hybridized carbons (Fsp3) is 0.473. The van der Waals surface area contributed by atoms with Gasteiger partial charge in [0.05, 0.1) is 18.6 Å². The van der Waals surface area contributed by atoms with Crippen LogP contribution in [0.15, 0.2) is 77.8 Å². The summed E-state index contributed by atoms with van der Waals surface area (Å²) in [6, 6.07) is 3.82. The van der Waals surface area contributed by atoms with Crippen LogP contribution in [0.1, 0.15) is 83.9 Å². The number of nitrogens with two attached hydrogens (primary N) is 4. The Balaban J connectivity index is 1.83. The summed E-state index contributed by atoms with van der Waals surface area (Å²) in [5.41, 5.74) is 24.1. The van der Waals surface area contributed by atoms with E-state index in [0.717, 1.165) is 6.92 Å². The maximum Gasteiger partial charge on any atom is 0.326 e. The molecule has 0 aliphatic rings. The number of primary amides is 1. The number of aliphatic imine (C=N–C) groups is 1. The number of phenols is 3. The summed E-state index contributed by atoms with van der Waals surface area (Å²) in [6.45, 7) is 8.92. The zero-order valence-electron chi connectivity index (χ0n) is 47.1. The first kappa shape index (κ1) is 68.2. The van der Waals surface area contributed by atoms with Crippen LogP contribution in [-0.2, 0) is 67.2 Å². The zero-order valence-corrected chi connectivity index (χ0v) is 47.1. The molecule has 3 aromatic rings. The molecule has 21 N–H and O–H groups in total. The fourth-order valence-electron chi connectivity index (χ4n) is 8.18. The van der Waals surface area contributed by atoms with Crippen molar-refractivity contribution in [3.63, 3.8) is 0 Å². The molecule has 0 radical (unpaired) electrons. The Morgan fingerprint density at radius 3 is 1.37 bits per heavy atom.